The van der Waals surface area contributed by atoms with Crippen LogP contribution in [0.15, 0.2) is 18.2 Å². The lowest BCUT2D eigenvalue weighted by Gasteiger charge is -2.16. The molecular weight excluding hydrogens is 270 g/mol. The Hall–Kier alpha value is -2.02. The van der Waals surface area contributed by atoms with Gasteiger partial charge in [-0.2, -0.15) is 0 Å². The molecular formula is C13H17F2N2O3+. The fourth-order valence-corrected chi connectivity index (χ4v) is 1.76. The fourth-order valence-electron chi connectivity index (χ4n) is 1.76. The number of nitrogens with two attached hydrogens (primary N) is 1. The van der Waals surface area contributed by atoms with Crippen molar-refractivity contribution in [3.63, 3.8) is 0 Å². The molecule has 2 atom stereocenters. The van der Waals surface area contributed by atoms with Crippen LogP contribution in [0.25, 0.3) is 0 Å². The van der Waals surface area contributed by atoms with Gasteiger partial charge in [0, 0.05) is 11.6 Å². The minimum atomic E-state index is -0.851. The van der Waals surface area contributed by atoms with Crippen molar-refractivity contribution in [1.29, 1.82) is 0 Å². The van der Waals surface area contributed by atoms with E-state index in [4.69, 9.17) is 0 Å². The predicted molar refractivity (Wildman–Crippen MR) is 66.7 cm³/mol. The number of methoxy groups -OCH3 is 1. The van der Waals surface area contributed by atoms with E-state index in [-0.39, 0.29) is 5.56 Å². The highest BCUT2D eigenvalue weighted by Crippen LogP contribution is 2.14. The lowest BCUT2D eigenvalue weighted by Crippen LogP contribution is -2.92. The van der Waals surface area contributed by atoms with Crippen LogP contribution >= 0.6 is 0 Å². The average Bonchev–Trinajstić information content (AvgIpc) is 2.37. The van der Waals surface area contributed by atoms with Gasteiger partial charge in [-0.25, -0.2) is 13.6 Å². The summed E-state index contributed by atoms with van der Waals surface area (Å²) < 4.78 is 30.7. The van der Waals surface area contributed by atoms with E-state index in [9.17, 15) is 18.4 Å². The molecule has 3 N–H and O–H groups in total. The number of halogens is 2. The number of ether oxygens (including phenoxy) is 1. The normalized spacial score (nSPS) is 13.4. The number of carbonyl (C=O) groups is 2. The lowest BCUT2D eigenvalue weighted by molar-refractivity contribution is -0.710. The number of amides is 2. The Bertz CT molecular complexity index is 508. The first-order chi connectivity index (χ1) is 9.35. The van der Waals surface area contributed by atoms with E-state index < -0.39 is 35.7 Å². The van der Waals surface area contributed by atoms with Gasteiger partial charge in [-0.3, -0.25) is 10.1 Å². The smallest absolute Gasteiger partial charge is 0.413 e. The maximum absolute atomic E-state index is 13.6. The first-order valence-corrected chi connectivity index (χ1v) is 6.04. The number of carbonyl (C=O) groups excluding carboxylic acids is 2. The van der Waals surface area contributed by atoms with Crippen LogP contribution < -0.4 is 10.6 Å². The van der Waals surface area contributed by atoms with E-state index in [1.54, 1.807) is 19.2 Å². The zero-order chi connectivity index (χ0) is 15.3. The van der Waals surface area contributed by atoms with Gasteiger partial charge in [-0.05, 0) is 26.0 Å². The molecule has 0 aliphatic rings. The van der Waals surface area contributed by atoms with Gasteiger partial charge in [0.05, 0.1) is 7.11 Å². The monoisotopic (exact) mass is 287 g/mol. The zero-order valence-electron chi connectivity index (χ0n) is 11.4. The Balaban J connectivity index is 2.67. The number of hydrogen-bond donors (Lipinski definition) is 2. The Morgan fingerprint density at radius 1 is 1.30 bits per heavy atom. The molecule has 1 aromatic rings. The molecule has 0 saturated heterocycles. The van der Waals surface area contributed by atoms with Gasteiger partial charge in [0.1, 0.15) is 17.7 Å². The third-order valence-electron chi connectivity index (χ3n) is 2.85. The molecule has 0 heterocycles. The van der Waals surface area contributed by atoms with Crippen LogP contribution in [-0.4, -0.2) is 25.2 Å². The average molecular weight is 287 g/mol. The summed E-state index contributed by atoms with van der Waals surface area (Å²) in [5, 5.41) is 3.59. The van der Waals surface area contributed by atoms with Crippen molar-refractivity contribution in [1.82, 2.24) is 5.32 Å². The molecule has 0 spiro atoms. The summed E-state index contributed by atoms with van der Waals surface area (Å²) >= 11 is 0. The van der Waals surface area contributed by atoms with Gasteiger partial charge in [-0.1, -0.05) is 0 Å². The second-order valence-electron chi connectivity index (χ2n) is 4.42. The van der Waals surface area contributed by atoms with E-state index in [2.05, 4.69) is 4.74 Å². The van der Waals surface area contributed by atoms with E-state index in [1.165, 1.54) is 6.07 Å². The van der Waals surface area contributed by atoms with E-state index >= 15 is 0 Å². The highest BCUT2D eigenvalue weighted by Gasteiger charge is 2.23. The number of nitrogens with one attached hydrogen (secondary N) is 1. The molecule has 7 heteroatoms. The lowest BCUT2D eigenvalue weighted by atomic mass is 10.1. The van der Waals surface area contributed by atoms with Crippen LogP contribution in [-0.2, 0) is 9.53 Å². The first kappa shape index (κ1) is 16.0. The molecule has 0 aliphatic carbocycles. The molecule has 0 saturated carbocycles. The molecule has 1 aromatic carbocycles. The topological polar surface area (TPSA) is 72.0 Å². The van der Waals surface area contributed by atoms with Crippen molar-refractivity contribution in [3.8, 4) is 0 Å². The largest absolute Gasteiger partial charge is 0.453 e. The highest BCUT2D eigenvalue weighted by molar-refractivity contribution is 5.93. The molecule has 0 unspecified atom stereocenters. The van der Waals surface area contributed by atoms with Gasteiger partial charge in [0.2, 0.25) is 0 Å². The molecule has 0 bridgehead atoms. The first-order valence-electron chi connectivity index (χ1n) is 6.04. The molecule has 0 aromatic heterocycles. The van der Waals surface area contributed by atoms with Gasteiger partial charge in [0.15, 0.2) is 6.04 Å². The Morgan fingerprint density at radius 3 is 2.50 bits per heavy atom. The molecule has 0 fully saturated rings. The summed E-state index contributed by atoms with van der Waals surface area (Å²) in [5.74, 6) is -1.88. The number of imide groups is 1. The summed E-state index contributed by atoms with van der Waals surface area (Å²) in [7, 11) is 1.15. The van der Waals surface area contributed by atoms with Crippen LogP contribution in [0.2, 0.25) is 0 Å². The third kappa shape index (κ3) is 4.27. The maximum atomic E-state index is 13.6. The minimum Gasteiger partial charge on any atom is -0.453 e. The number of hydrogen-bond acceptors (Lipinski definition) is 3. The number of benzene rings is 1. The van der Waals surface area contributed by atoms with Gasteiger partial charge < -0.3 is 10.1 Å². The van der Waals surface area contributed by atoms with Crippen molar-refractivity contribution in [2.45, 2.75) is 25.9 Å². The summed E-state index contributed by atoms with van der Waals surface area (Å²) in [4.78, 5) is 22.5. The summed E-state index contributed by atoms with van der Waals surface area (Å²) in [6.07, 6.45) is -0.851. The molecule has 1 rings (SSSR count). The molecule has 110 valence electrons. The van der Waals surface area contributed by atoms with Gasteiger partial charge >= 0.3 is 6.09 Å². The summed E-state index contributed by atoms with van der Waals surface area (Å²) in [6.45, 7) is 3.24. The fraction of sp³-hybridized carbons (Fsp3) is 0.385. The summed E-state index contributed by atoms with van der Waals surface area (Å²) in [6, 6.07) is 2.24. The SMILES string of the molecule is COC(=O)NC(=O)[C@@H](C)[NH2+][C@@H](C)c1ccc(F)cc1F. The predicted octanol–water partition coefficient (Wildman–Crippen LogP) is 0.860. The quantitative estimate of drug-likeness (QED) is 0.862. The van der Waals surface area contributed by atoms with Gasteiger partial charge in [0.25, 0.3) is 5.91 Å². The molecule has 5 nitrogen and oxygen atoms in total. The molecule has 2 amide bonds. The van der Waals surface area contributed by atoms with E-state index in [0.29, 0.717) is 0 Å². The van der Waals surface area contributed by atoms with E-state index in [0.717, 1.165) is 19.2 Å². The Kier molecular flexibility index (Phi) is 5.57. The van der Waals surface area contributed by atoms with Crippen molar-refractivity contribution in [2.24, 2.45) is 0 Å². The van der Waals surface area contributed by atoms with Crippen molar-refractivity contribution < 1.29 is 28.4 Å². The van der Waals surface area contributed by atoms with E-state index in [1.807, 2.05) is 5.32 Å². The number of quaternary nitrogens is 1. The van der Waals surface area contributed by atoms with Crippen molar-refractivity contribution in [2.75, 3.05) is 7.11 Å². The second-order valence-corrected chi connectivity index (χ2v) is 4.42. The van der Waals surface area contributed by atoms with Crippen LogP contribution in [0.4, 0.5) is 13.6 Å². The summed E-state index contributed by atoms with van der Waals surface area (Å²) in [5.41, 5.74) is 0.282. The standard InChI is InChI=1S/C13H16F2N2O3/c1-7(10-5-4-9(14)6-11(10)15)16-8(2)12(18)17-13(19)20-3/h4-8,16H,1-3H3,(H,17,18,19)/p+1/t7-,8+/m0/s1. The van der Waals surface area contributed by atoms with Crippen LogP contribution in [0.1, 0.15) is 25.5 Å². The number of alkyl carbamates (subject to hydrolysis) is 1. The van der Waals surface area contributed by atoms with Crippen LogP contribution in [0.3, 0.4) is 0 Å². The highest BCUT2D eigenvalue weighted by atomic mass is 19.1. The molecule has 20 heavy (non-hydrogen) atoms. The zero-order valence-corrected chi connectivity index (χ0v) is 11.4. The molecule has 0 aliphatic heterocycles. The number of rotatable bonds is 4. The second kappa shape index (κ2) is 6.95. The maximum Gasteiger partial charge on any atom is 0.413 e. The Labute approximate surface area is 115 Å². The minimum absolute atomic E-state index is 0.282. The van der Waals surface area contributed by atoms with Crippen LogP contribution in [0, 0.1) is 11.6 Å². The van der Waals surface area contributed by atoms with Crippen molar-refractivity contribution >= 4 is 12.0 Å². The van der Waals surface area contributed by atoms with Crippen molar-refractivity contribution in [3.05, 3.63) is 35.4 Å². The van der Waals surface area contributed by atoms with Gasteiger partial charge in [-0.15, -0.1) is 0 Å². The third-order valence-corrected chi connectivity index (χ3v) is 2.85. The molecule has 0 radical (unpaired) electrons. The van der Waals surface area contributed by atoms with Crippen LogP contribution in [0.5, 0.6) is 0 Å². The Morgan fingerprint density at radius 2 is 1.95 bits per heavy atom.